The molecule has 6 nitrogen and oxygen atoms in total. The Balaban J connectivity index is 2.41. The number of aryl methyl sites for hydroxylation is 1. The number of hydrogen-bond donors (Lipinski definition) is 0. The highest BCUT2D eigenvalue weighted by atomic mass is 15.3. The molecule has 2 heterocycles. The van der Waals surface area contributed by atoms with Gasteiger partial charge in [0.05, 0.1) is 12.5 Å². The molecule has 0 atom stereocenters. The second kappa shape index (κ2) is 4.14. The van der Waals surface area contributed by atoms with Gasteiger partial charge < -0.3 is 4.90 Å². The molecule has 0 radical (unpaired) electrons. The molecule has 0 aliphatic heterocycles. The van der Waals surface area contributed by atoms with E-state index < -0.39 is 0 Å². The summed E-state index contributed by atoms with van der Waals surface area (Å²) in [4.78, 5) is 6.18. The van der Waals surface area contributed by atoms with Gasteiger partial charge in [0, 0.05) is 26.0 Å². The van der Waals surface area contributed by atoms with E-state index in [1.54, 1.807) is 6.20 Å². The smallest absolute Gasteiger partial charge is 0.203 e. The zero-order valence-electron chi connectivity index (χ0n) is 9.25. The molecule has 0 aliphatic rings. The lowest BCUT2D eigenvalue weighted by Crippen LogP contribution is -2.20. The van der Waals surface area contributed by atoms with Crippen molar-refractivity contribution in [2.45, 2.75) is 13.3 Å². The fraction of sp³-hybridized carbons (Fsp3) is 0.400. The van der Waals surface area contributed by atoms with Gasteiger partial charge in [-0.1, -0.05) is 0 Å². The minimum absolute atomic E-state index is 0.465. The van der Waals surface area contributed by atoms with Crippen LogP contribution in [0.25, 0.3) is 5.65 Å². The summed E-state index contributed by atoms with van der Waals surface area (Å²) in [7, 11) is 1.89. The van der Waals surface area contributed by atoms with E-state index in [1.807, 2.05) is 29.5 Å². The molecule has 0 amide bonds. The molecular formula is C10H12N6. The van der Waals surface area contributed by atoms with Crippen LogP contribution in [0.1, 0.15) is 12.2 Å². The predicted molar refractivity (Wildman–Crippen MR) is 59.0 cm³/mol. The molecule has 0 N–H and O–H groups in total. The van der Waals surface area contributed by atoms with Gasteiger partial charge in [-0.2, -0.15) is 5.26 Å². The molecule has 0 fully saturated rings. The molecule has 0 saturated carbocycles. The highest BCUT2D eigenvalue weighted by Crippen LogP contribution is 2.15. The number of aromatic nitrogens is 4. The summed E-state index contributed by atoms with van der Waals surface area (Å²) in [5, 5.41) is 16.6. The number of nitriles is 1. The van der Waals surface area contributed by atoms with Gasteiger partial charge in [0.2, 0.25) is 5.65 Å². The van der Waals surface area contributed by atoms with E-state index in [-0.39, 0.29) is 0 Å². The van der Waals surface area contributed by atoms with Gasteiger partial charge in [0.15, 0.2) is 5.82 Å². The van der Waals surface area contributed by atoms with Crippen molar-refractivity contribution in [3.63, 3.8) is 0 Å². The third kappa shape index (κ3) is 1.67. The lowest BCUT2D eigenvalue weighted by Gasteiger charge is -2.16. The van der Waals surface area contributed by atoms with E-state index in [1.165, 1.54) is 0 Å². The monoisotopic (exact) mass is 216 g/mol. The minimum Gasteiger partial charge on any atom is -0.355 e. The average Bonchev–Trinajstić information content (AvgIpc) is 2.68. The second-order valence-corrected chi connectivity index (χ2v) is 3.52. The van der Waals surface area contributed by atoms with Gasteiger partial charge >= 0.3 is 0 Å². The summed E-state index contributed by atoms with van der Waals surface area (Å²) in [6.45, 7) is 2.52. The molecule has 0 spiro atoms. The van der Waals surface area contributed by atoms with Crippen molar-refractivity contribution in [2.75, 3.05) is 18.5 Å². The molecular weight excluding hydrogens is 204 g/mol. The van der Waals surface area contributed by atoms with Crippen molar-refractivity contribution in [1.82, 2.24) is 19.6 Å². The minimum atomic E-state index is 0.465. The predicted octanol–water partition coefficient (Wildman–Crippen LogP) is 0.783. The molecule has 0 aromatic carbocycles. The third-order valence-electron chi connectivity index (χ3n) is 2.40. The Morgan fingerprint density at radius 3 is 3.06 bits per heavy atom. The van der Waals surface area contributed by atoms with Crippen LogP contribution in [0.5, 0.6) is 0 Å². The standard InChI is InChI=1S/C10H12N6/c1-8-13-14-10-9(12-5-7-16(8)10)15(2)6-3-4-11/h5,7H,3,6H2,1-2H3. The third-order valence-corrected chi connectivity index (χ3v) is 2.40. The number of rotatable bonds is 3. The molecule has 2 rings (SSSR count). The molecule has 0 bridgehead atoms. The van der Waals surface area contributed by atoms with Gasteiger partial charge in [0.25, 0.3) is 0 Å². The van der Waals surface area contributed by atoms with E-state index >= 15 is 0 Å². The van der Waals surface area contributed by atoms with Crippen LogP contribution in [0.15, 0.2) is 12.4 Å². The zero-order valence-corrected chi connectivity index (χ0v) is 9.25. The molecule has 6 heteroatoms. The van der Waals surface area contributed by atoms with Crippen molar-refractivity contribution < 1.29 is 0 Å². The van der Waals surface area contributed by atoms with Crippen molar-refractivity contribution in [3.05, 3.63) is 18.2 Å². The fourth-order valence-electron chi connectivity index (χ4n) is 1.52. The molecule has 2 aromatic heterocycles. The van der Waals surface area contributed by atoms with Crippen LogP contribution in [0, 0.1) is 18.3 Å². The summed E-state index contributed by atoms with van der Waals surface area (Å²) < 4.78 is 1.88. The maximum absolute atomic E-state index is 8.55. The Morgan fingerprint density at radius 2 is 2.31 bits per heavy atom. The summed E-state index contributed by atoms with van der Waals surface area (Å²) in [5.41, 5.74) is 0.723. The van der Waals surface area contributed by atoms with Crippen LogP contribution in [0.2, 0.25) is 0 Å². The van der Waals surface area contributed by atoms with Gasteiger partial charge in [-0.25, -0.2) is 4.98 Å². The van der Waals surface area contributed by atoms with E-state index in [0.717, 1.165) is 17.3 Å². The van der Waals surface area contributed by atoms with Crippen LogP contribution < -0.4 is 4.90 Å². The van der Waals surface area contributed by atoms with Crippen LogP contribution >= 0.6 is 0 Å². The molecule has 82 valence electrons. The number of anilines is 1. The summed E-state index contributed by atoms with van der Waals surface area (Å²) in [5.74, 6) is 1.57. The van der Waals surface area contributed by atoms with E-state index in [4.69, 9.17) is 5.26 Å². The van der Waals surface area contributed by atoms with Crippen LogP contribution in [0.4, 0.5) is 5.82 Å². The van der Waals surface area contributed by atoms with Crippen molar-refractivity contribution in [3.8, 4) is 6.07 Å². The molecule has 2 aromatic rings. The highest BCUT2D eigenvalue weighted by molar-refractivity contribution is 5.63. The van der Waals surface area contributed by atoms with E-state index in [0.29, 0.717) is 13.0 Å². The number of fused-ring (bicyclic) bond motifs is 1. The quantitative estimate of drug-likeness (QED) is 0.758. The topological polar surface area (TPSA) is 70.1 Å². The SMILES string of the molecule is Cc1nnc2c(N(C)CCC#N)nccn12. The van der Waals surface area contributed by atoms with Gasteiger partial charge in [-0.15, -0.1) is 10.2 Å². The van der Waals surface area contributed by atoms with Crippen LogP contribution in [-0.2, 0) is 0 Å². The first kappa shape index (κ1) is 10.4. The molecule has 0 aliphatic carbocycles. The first-order chi connectivity index (χ1) is 7.74. The Bertz CT molecular complexity index is 538. The summed E-state index contributed by atoms with van der Waals surface area (Å²) >= 11 is 0. The zero-order chi connectivity index (χ0) is 11.5. The lowest BCUT2D eigenvalue weighted by molar-refractivity contribution is 0.879. The normalized spacial score (nSPS) is 10.3. The first-order valence-corrected chi connectivity index (χ1v) is 4.98. The summed E-state index contributed by atoms with van der Waals surface area (Å²) in [6, 6.07) is 2.11. The second-order valence-electron chi connectivity index (χ2n) is 3.52. The average molecular weight is 216 g/mol. The summed E-state index contributed by atoms with van der Waals surface area (Å²) in [6.07, 6.45) is 4.00. The molecule has 0 unspecified atom stereocenters. The number of nitrogens with zero attached hydrogens (tertiary/aromatic N) is 6. The van der Waals surface area contributed by atoms with E-state index in [9.17, 15) is 0 Å². The lowest BCUT2D eigenvalue weighted by atomic mass is 10.4. The molecule has 16 heavy (non-hydrogen) atoms. The van der Waals surface area contributed by atoms with Gasteiger partial charge in [-0.3, -0.25) is 4.40 Å². The Kier molecular flexibility index (Phi) is 2.68. The maximum Gasteiger partial charge on any atom is 0.203 e. The fourth-order valence-corrected chi connectivity index (χ4v) is 1.52. The largest absolute Gasteiger partial charge is 0.355 e. The van der Waals surface area contributed by atoms with Crippen molar-refractivity contribution >= 4 is 11.5 Å². The Labute approximate surface area is 93.2 Å². The highest BCUT2D eigenvalue weighted by Gasteiger charge is 2.11. The van der Waals surface area contributed by atoms with E-state index in [2.05, 4.69) is 21.3 Å². The van der Waals surface area contributed by atoms with Crippen LogP contribution in [0.3, 0.4) is 0 Å². The Morgan fingerprint density at radius 1 is 1.50 bits per heavy atom. The van der Waals surface area contributed by atoms with Crippen molar-refractivity contribution in [2.24, 2.45) is 0 Å². The molecule has 0 saturated heterocycles. The van der Waals surface area contributed by atoms with Gasteiger partial charge in [-0.05, 0) is 6.92 Å². The van der Waals surface area contributed by atoms with Crippen LogP contribution in [-0.4, -0.2) is 33.2 Å². The first-order valence-electron chi connectivity index (χ1n) is 4.98. The number of hydrogen-bond acceptors (Lipinski definition) is 5. The van der Waals surface area contributed by atoms with Crippen molar-refractivity contribution in [1.29, 1.82) is 5.26 Å². The van der Waals surface area contributed by atoms with Gasteiger partial charge in [0.1, 0.15) is 5.82 Å². The maximum atomic E-state index is 8.55. The Hall–Kier alpha value is -2.16.